The molecule has 37 heavy (non-hydrogen) atoms. The van der Waals surface area contributed by atoms with E-state index in [9.17, 15) is 13.7 Å². The predicted octanol–water partition coefficient (Wildman–Crippen LogP) is 4.62. The summed E-state index contributed by atoms with van der Waals surface area (Å²) in [4.78, 5) is -0.0425. The maximum atomic E-state index is 14.3. The van der Waals surface area contributed by atoms with E-state index in [0.717, 1.165) is 5.56 Å². The van der Waals surface area contributed by atoms with E-state index in [1.54, 1.807) is 42.5 Å². The molecule has 0 aliphatic carbocycles. The van der Waals surface area contributed by atoms with E-state index in [1.165, 1.54) is 11.4 Å². The lowest BCUT2D eigenvalue weighted by atomic mass is 9.88. The number of benzene rings is 3. The maximum Gasteiger partial charge on any atom is 0.265 e. The molecular weight excluding hydrogens is 490 g/mol. The van der Waals surface area contributed by atoms with Crippen LogP contribution in [0.3, 0.4) is 0 Å². The molecule has 2 heterocycles. The first-order valence-corrected chi connectivity index (χ1v) is 13.1. The summed E-state index contributed by atoms with van der Waals surface area (Å²) in [6, 6.07) is 23.6. The number of rotatable bonds is 6. The van der Waals surface area contributed by atoms with Crippen molar-refractivity contribution in [2.45, 2.75) is 19.4 Å². The Balaban J connectivity index is 1.75. The number of fused-ring (bicyclic) bond motifs is 2. The lowest BCUT2D eigenvalue weighted by Gasteiger charge is -2.38. The number of anilines is 1. The van der Waals surface area contributed by atoms with Gasteiger partial charge in [-0.1, -0.05) is 48.5 Å². The summed E-state index contributed by atoms with van der Waals surface area (Å²) >= 11 is 0. The van der Waals surface area contributed by atoms with Gasteiger partial charge >= 0.3 is 0 Å². The minimum atomic E-state index is -4.16. The van der Waals surface area contributed by atoms with Crippen molar-refractivity contribution in [3.8, 4) is 17.6 Å². The van der Waals surface area contributed by atoms with Gasteiger partial charge in [-0.05, 0) is 42.3 Å². The Labute approximate surface area is 215 Å². The molecule has 0 fully saturated rings. The highest BCUT2D eigenvalue weighted by atomic mass is 32.2. The van der Waals surface area contributed by atoms with Gasteiger partial charge in [-0.15, -0.1) is 0 Å². The molecule has 0 aromatic heterocycles. The summed E-state index contributed by atoms with van der Waals surface area (Å²) in [5, 5.41) is 10.1. The molecule has 3 aromatic carbocycles. The first kappa shape index (κ1) is 24.3. The first-order chi connectivity index (χ1) is 17.9. The van der Waals surface area contributed by atoms with Crippen molar-refractivity contribution >= 4 is 21.5 Å². The Morgan fingerprint density at radius 3 is 2.49 bits per heavy atom. The van der Waals surface area contributed by atoms with Crippen molar-refractivity contribution in [1.82, 2.24) is 0 Å². The summed E-state index contributed by atoms with van der Waals surface area (Å²) in [6.07, 6.45) is 0. The number of hydrogen-bond donors (Lipinski definition) is 1. The van der Waals surface area contributed by atoms with Gasteiger partial charge in [0.1, 0.15) is 16.5 Å². The molecular formula is C28H25N3O5S. The van der Waals surface area contributed by atoms with Crippen LogP contribution in [-0.4, -0.2) is 22.1 Å². The summed E-state index contributed by atoms with van der Waals surface area (Å²) in [5.74, 6) is -0.101. The van der Waals surface area contributed by atoms with E-state index >= 15 is 0 Å². The highest BCUT2D eigenvalue weighted by Gasteiger charge is 2.47. The van der Waals surface area contributed by atoms with E-state index in [4.69, 9.17) is 19.9 Å². The Morgan fingerprint density at radius 1 is 1.05 bits per heavy atom. The van der Waals surface area contributed by atoms with E-state index in [0.29, 0.717) is 34.9 Å². The van der Waals surface area contributed by atoms with Crippen LogP contribution in [0.1, 0.15) is 29.5 Å². The molecule has 9 heteroatoms. The molecule has 188 valence electrons. The van der Waals surface area contributed by atoms with Crippen LogP contribution >= 0.6 is 0 Å². The number of allylic oxidation sites excluding steroid dienone is 2. The van der Waals surface area contributed by atoms with Gasteiger partial charge in [0.05, 0.1) is 31.9 Å². The average Bonchev–Trinajstić information content (AvgIpc) is 2.91. The molecule has 0 bridgehead atoms. The second-order valence-corrected chi connectivity index (χ2v) is 10.3. The zero-order chi connectivity index (χ0) is 26.2. The molecule has 3 aromatic rings. The molecule has 0 amide bonds. The van der Waals surface area contributed by atoms with Gasteiger partial charge in [0.15, 0.2) is 17.3 Å². The second kappa shape index (κ2) is 9.56. The van der Waals surface area contributed by atoms with Crippen molar-refractivity contribution < 1.29 is 22.6 Å². The van der Waals surface area contributed by atoms with Crippen LogP contribution in [0.15, 0.2) is 89.2 Å². The highest BCUT2D eigenvalue weighted by molar-refractivity contribution is 7.96. The Hall–Kier alpha value is -4.42. The number of sulfonamides is 1. The lowest BCUT2D eigenvalue weighted by molar-refractivity contribution is 0.310. The summed E-state index contributed by atoms with van der Waals surface area (Å²) < 4.78 is 47.1. The summed E-state index contributed by atoms with van der Waals surface area (Å²) in [7, 11) is -2.66. The average molecular weight is 516 g/mol. The van der Waals surface area contributed by atoms with Crippen LogP contribution in [-0.2, 0) is 21.3 Å². The van der Waals surface area contributed by atoms with Crippen molar-refractivity contribution in [1.29, 1.82) is 5.26 Å². The zero-order valence-corrected chi connectivity index (χ0v) is 21.2. The quantitative estimate of drug-likeness (QED) is 0.509. The first-order valence-electron chi connectivity index (χ1n) is 11.7. The molecule has 2 N–H and O–H groups in total. The van der Waals surface area contributed by atoms with Crippen molar-refractivity contribution in [2.24, 2.45) is 5.73 Å². The lowest BCUT2D eigenvalue weighted by Crippen LogP contribution is -2.39. The highest BCUT2D eigenvalue weighted by Crippen LogP contribution is 2.52. The Bertz CT molecular complexity index is 1570. The number of para-hydroxylation sites is 1. The molecule has 0 saturated carbocycles. The Morgan fingerprint density at radius 2 is 1.78 bits per heavy atom. The smallest absolute Gasteiger partial charge is 0.265 e. The van der Waals surface area contributed by atoms with Gasteiger partial charge < -0.3 is 19.9 Å². The topological polar surface area (TPSA) is 115 Å². The molecule has 0 saturated heterocycles. The number of methoxy groups -OCH3 is 1. The largest absolute Gasteiger partial charge is 0.493 e. The number of ether oxygens (including phenoxy) is 3. The van der Waals surface area contributed by atoms with Crippen LogP contribution in [0.25, 0.3) is 5.76 Å². The molecule has 0 radical (unpaired) electrons. The fourth-order valence-electron chi connectivity index (χ4n) is 4.70. The molecule has 8 nitrogen and oxygen atoms in total. The van der Waals surface area contributed by atoms with Crippen molar-refractivity contribution in [2.75, 3.05) is 18.0 Å². The van der Waals surface area contributed by atoms with Gasteiger partial charge in [-0.2, -0.15) is 5.26 Å². The normalized spacial score (nSPS) is 17.9. The minimum absolute atomic E-state index is 0.00702. The molecule has 2 aliphatic heterocycles. The second-order valence-electron chi connectivity index (χ2n) is 8.48. The standard InChI is InChI=1S/C28H25N3O5S/c1-3-35-23-14-13-19(15-24(23)34-2)25-21(16-29)28(30)36-26-20-11-7-8-12-22(20)31(37(32,33)27(25)26)17-18-9-5-4-6-10-18/h4-15,25H,3,17,30H2,1-2H3/t25-/m0/s1. The Kier molecular flexibility index (Phi) is 6.27. The number of nitriles is 1. The van der Waals surface area contributed by atoms with Crippen molar-refractivity contribution in [3.63, 3.8) is 0 Å². The summed E-state index contributed by atoms with van der Waals surface area (Å²) in [6.45, 7) is 2.39. The van der Waals surface area contributed by atoms with Gasteiger partial charge in [-0.3, -0.25) is 4.31 Å². The van der Waals surface area contributed by atoms with Crippen LogP contribution in [0.2, 0.25) is 0 Å². The molecule has 5 rings (SSSR count). The van der Waals surface area contributed by atoms with E-state index in [-0.39, 0.29) is 28.7 Å². The zero-order valence-electron chi connectivity index (χ0n) is 20.3. The van der Waals surface area contributed by atoms with E-state index in [2.05, 4.69) is 6.07 Å². The number of nitrogens with zero attached hydrogens (tertiary/aromatic N) is 2. The third-order valence-corrected chi connectivity index (χ3v) is 8.23. The van der Waals surface area contributed by atoms with Gasteiger partial charge in [0.2, 0.25) is 5.88 Å². The predicted molar refractivity (Wildman–Crippen MR) is 140 cm³/mol. The number of nitrogens with two attached hydrogens (primary N) is 1. The van der Waals surface area contributed by atoms with Gasteiger partial charge in [-0.25, -0.2) is 8.42 Å². The van der Waals surface area contributed by atoms with Gasteiger partial charge in [0.25, 0.3) is 10.0 Å². The SMILES string of the molecule is CCOc1ccc([C@H]2C(C#N)=C(N)OC3=C2S(=O)(=O)N(Cc2ccccc2)c2ccccc23)cc1OC. The van der Waals surface area contributed by atoms with Crippen molar-refractivity contribution in [3.05, 3.63) is 106 Å². The van der Waals surface area contributed by atoms with Gasteiger partial charge in [0, 0.05) is 5.56 Å². The van der Waals surface area contributed by atoms with Crippen LogP contribution in [0.4, 0.5) is 5.69 Å². The molecule has 0 spiro atoms. The maximum absolute atomic E-state index is 14.3. The fourth-order valence-corrected chi connectivity index (χ4v) is 6.61. The number of hydrogen-bond acceptors (Lipinski definition) is 7. The van der Waals surface area contributed by atoms with Crippen LogP contribution in [0, 0.1) is 11.3 Å². The van der Waals surface area contributed by atoms with E-state index < -0.39 is 15.9 Å². The monoisotopic (exact) mass is 515 g/mol. The fraction of sp³-hybridized carbons (Fsp3) is 0.179. The third kappa shape index (κ3) is 4.05. The van der Waals surface area contributed by atoms with Crippen LogP contribution < -0.4 is 19.5 Å². The molecule has 2 aliphatic rings. The molecule has 1 atom stereocenters. The third-order valence-electron chi connectivity index (χ3n) is 6.35. The summed E-state index contributed by atoms with van der Waals surface area (Å²) in [5.41, 5.74) is 8.60. The minimum Gasteiger partial charge on any atom is -0.493 e. The van der Waals surface area contributed by atoms with Crippen LogP contribution in [0.5, 0.6) is 11.5 Å². The van der Waals surface area contributed by atoms with E-state index in [1.807, 2.05) is 37.3 Å². The molecule has 0 unspecified atom stereocenters.